The summed E-state index contributed by atoms with van der Waals surface area (Å²) in [5.41, 5.74) is 0.785. The number of rotatable bonds is 5. The lowest BCUT2D eigenvalue weighted by molar-refractivity contribution is 0.174. The molecule has 0 aromatic heterocycles. The molecule has 2 nitrogen and oxygen atoms in total. The third-order valence-corrected chi connectivity index (χ3v) is 4.58. The van der Waals surface area contributed by atoms with E-state index in [0.29, 0.717) is 6.54 Å². The number of benzene rings is 1. The zero-order valence-corrected chi connectivity index (χ0v) is 13.0. The van der Waals surface area contributed by atoms with Crippen molar-refractivity contribution in [1.82, 2.24) is 10.2 Å². The van der Waals surface area contributed by atoms with E-state index in [-0.39, 0.29) is 5.82 Å². The van der Waals surface area contributed by atoms with E-state index in [1.165, 1.54) is 18.9 Å². The van der Waals surface area contributed by atoms with Gasteiger partial charge in [-0.3, -0.25) is 4.90 Å². The van der Waals surface area contributed by atoms with Gasteiger partial charge in [0, 0.05) is 16.6 Å². The van der Waals surface area contributed by atoms with Crippen LogP contribution in [0.25, 0.3) is 0 Å². The maximum Gasteiger partial charge on any atom is 0.128 e. The van der Waals surface area contributed by atoms with Crippen LogP contribution in [0.4, 0.5) is 4.39 Å². The first-order valence-corrected chi connectivity index (χ1v) is 7.86. The average Bonchev–Trinajstić information content (AvgIpc) is 2.42. The summed E-state index contributed by atoms with van der Waals surface area (Å²) in [6.07, 6.45) is 2.41. The lowest BCUT2D eigenvalue weighted by Crippen LogP contribution is -2.37. The standard InChI is InChI=1S/C15H22BrFN2/c1-2-18-10-12-6-8-19(9-7-12)11-13-14(16)4-3-5-15(13)17/h3-5,12,18H,2,6-11H2,1H3. The van der Waals surface area contributed by atoms with Gasteiger partial charge >= 0.3 is 0 Å². The van der Waals surface area contributed by atoms with Crippen LogP contribution in [0, 0.1) is 11.7 Å². The van der Waals surface area contributed by atoms with Gasteiger partial charge in [-0.15, -0.1) is 0 Å². The van der Waals surface area contributed by atoms with Gasteiger partial charge in [0.1, 0.15) is 5.82 Å². The molecule has 0 unspecified atom stereocenters. The van der Waals surface area contributed by atoms with Crippen LogP contribution in [-0.2, 0) is 6.54 Å². The van der Waals surface area contributed by atoms with Gasteiger partial charge in [0.15, 0.2) is 0 Å². The maximum absolute atomic E-state index is 13.8. The Morgan fingerprint density at radius 1 is 1.37 bits per heavy atom. The molecule has 0 amide bonds. The fraction of sp³-hybridized carbons (Fsp3) is 0.600. The topological polar surface area (TPSA) is 15.3 Å². The number of piperidine rings is 1. The molecule has 19 heavy (non-hydrogen) atoms. The third-order valence-electron chi connectivity index (χ3n) is 3.83. The van der Waals surface area contributed by atoms with Crippen molar-refractivity contribution in [2.75, 3.05) is 26.2 Å². The van der Waals surface area contributed by atoms with Gasteiger partial charge in [-0.2, -0.15) is 0 Å². The molecule has 0 spiro atoms. The highest BCUT2D eigenvalue weighted by Gasteiger charge is 2.20. The van der Waals surface area contributed by atoms with Crippen molar-refractivity contribution in [1.29, 1.82) is 0 Å². The molecule has 0 saturated carbocycles. The molecule has 1 aromatic rings. The molecule has 0 radical (unpaired) electrons. The molecule has 1 saturated heterocycles. The second-order valence-electron chi connectivity index (χ2n) is 5.23. The lowest BCUT2D eigenvalue weighted by atomic mass is 9.96. The highest BCUT2D eigenvalue weighted by Crippen LogP contribution is 2.24. The Morgan fingerprint density at radius 2 is 2.11 bits per heavy atom. The van der Waals surface area contributed by atoms with E-state index in [0.717, 1.165) is 42.1 Å². The average molecular weight is 329 g/mol. The molecule has 1 fully saturated rings. The van der Waals surface area contributed by atoms with Gasteiger partial charge in [-0.05, 0) is 57.1 Å². The number of hydrogen-bond donors (Lipinski definition) is 1. The Bertz CT molecular complexity index is 383. The van der Waals surface area contributed by atoms with Crippen molar-refractivity contribution in [3.05, 3.63) is 34.1 Å². The van der Waals surface area contributed by atoms with Crippen molar-refractivity contribution < 1.29 is 4.39 Å². The molecule has 0 atom stereocenters. The van der Waals surface area contributed by atoms with E-state index < -0.39 is 0 Å². The second-order valence-corrected chi connectivity index (χ2v) is 6.08. The zero-order valence-electron chi connectivity index (χ0n) is 11.5. The van der Waals surface area contributed by atoms with E-state index in [4.69, 9.17) is 0 Å². The number of nitrogens with zero attached hydrogens (tertiary/aromatic N) is 1. The van der Waals surface area contributed by atoms with Crippen LogP contribution in [0.15, 0.2) is 22.7 Å². The first-order valence-electron chi connectivity index (χ1n) is 7.06. The van der Waals surface area contributed by atoms with Crippen LogP contribution >= 0.6 is 15.9 Å². The molecule has 1 N–H and O–H groups in total. The summed E-state index contributed by atoms with van der Waals surface area (Å²) in [5, 5.41) is 3.41. The first kappa shape index (κ1) is 14.9. The van der Waals surface area contributed by atoms with E-state index in [2.05, 4.69) is 33.1 Å². The smallest absolute Gasteiger partial charge is 0.128 e. The largest absolute Gasteiger partial charge is 0.317 e. The summed E-state index contributed by atoms with van der Waals surface area (Å²) in [5.74, 6) is 0.671. The van der Waals surface area contributed by atoms with Crippen molar-refractivity contribution in [2.24, 2.45) is 5.92 Å². The van der Waals surface area contributed by atoms with E-state index in [1.54, 1.807) is 6.07 Å². The maximum atomic E-state index is 13.8. The third kappa shape index (κ3) is 4.26. The lowest BCUT2D eigenvalue weighted by Gasteiger charge is -2.32. The highest BCUT2D eigenvalue weighted by atomic mass is 79.9. The van der Waals surface area contributed by atoms with Crippen molar-refractivity contribution in [3.8, 4) is 0 Å². The molecule has 1 aromatic carbocycles. The Kier molecular flexibility index (Phi) is 5.79. The van der Waals surface area contributed by atoms with Crippen LogP contribution in [-0.4, -0.2) is 31.1 Å². The fourth-order valence-electron chi connectivity index (χ4n) is 2.60. The van der Waals surface area contributed by atoms with Gasteiger partial charge in [-0.25, -0.2) is 4.39 Å². The van der Waals surface area contributed by atoms with E-state index in [1.807, 2.05) is 6.07 Å². The molecule has 1 aliphatic heterocycles. The minimum Gasteiger partial charge on any atom is -0.317 e. The van der Waals surface area contributed by atoms with E-state index >= 15 is 0 Å². The molecule has 106 valence electrons. The Balaban J connectivity index is 1.85. The summed E-state index contributed by atoms with van der Waals surface area (Å²) < 4.78 is 14.7. The van der Waals surface area contributed by atoms with Gasteiger partial charge in [0.05, 0.1) is 0 Å². The highest BCUT2D eigenvalue weighted by molar-refractivity contribution is 9.10. The first-order chi connectivity index (χ1) is 9.20. The van der Waals surface area contributed by atoms with Gasteiger partial charge in [0.25, 0.3) is 0 Å². The predicted molar refractivity (Wildman–Crippen MR) is 80.6 cm³/mol. The minimum atomic E-state index is -0.107. The minimum absolute atomic E-state index is 0.107. The monoisotopic (exact) mass is 328 g/mol. The number of hydrogen-bond acceptors (Lipinski definition) is 2. The Morgan fingerprint density at radius 3 is 2.74 bits per heavy atom. The number of nitrogens with one attached hydrogen (secondary N) is 1. The molecule has 0 bridgehead atoms. The Hall–Kier alpha value is -0.450. The molecule has 1 aliphatic rings. The molecular weight excluding hydrogens is 307 g/mol. The second kappa shape index (κ2) is 7.36. The van der Waals surface area contributed by atoms with Gasteiger partial charge in [0.2, 0.25) is 0 Å². The summed E-state index contributed by atoms with van der Waals surface area (Å²) in [4.78, 5) is 2.35. The van der Waals surface area contributed by atoms with Crippen LogP contribution in [0.2, 0.25) is 0 Å². The van der Waals surface area contributed by atoms with Gasteiger partial charge in [-0.1, -0.05) is 28.9 Å². The van der Waals surface area contributed by atoms with Crippen LogP contribution in [0.1, 0.15) is 25.3 Å². The number of halogens is 2. The molecule has 1 heterocycles. The fourth-order valence-corrected chi connectivity index (χ4v) is 3.07. The quantitative estimate of drug-likeness (QED) is 0.891. The van der Waals surface area contributed by atoms with Crippen LogP contribution < -0.4 is 5.32 Å². The van der Waals surface area contributed by atoms with Crippen molar-refractivity contribution in [3.63, 3.8) is 0 Å². The predicted octanol–water partition coefficient (Wildman–Crippen LogP) is 3.41. The zero-order chi connectivity index (χ0) is 13.7. The summed E-state index contributed by atoms with van der Waals surface area (Å²) >= 11 is 3.44. The van der Waals surface area contributed by atoms with Crippen LogP contribution in [0.3, 0.4) is 0 Å². The van der Waals surface area contributed by atoms with Crippen molar-refractivity contribution in [2.45, 2.75) is 26.3 Å². The Labute approximate surface area is 123 Å². The molecule has 2 rings (SSSR count). The van der Waals surface area contributed by atoms with Crippen molar-refractivity contribution >= 4 is 15.9 Å². The van der Waals surface area contributed by atoms with E-state index in [9.17, 15) is 4.39 Å². The summed E-state index contributed by atoms with van der Waals surface area (Å²) in [7, 11) is 0. The van der Waals surface area contributed by atoms with Crippen LogP contribution in [0.5, 0.6) is 0 Å². The SMILES string of the molecule is CCNCC1CCN(Cc2c(F)cccc2Br)CC1. The normalized spacial score (nSPS) is 17.8. The van der Waals surface area contributed by atoms with Gasteiger partial charge < -0.3 is 5.32 Å². The summed E-state index contributed by atoms with van der Waals surface area (Å²) in [6, 6.07) is 5.19. The summed E-state index contributed by atoms with van der Waals surface area (Å²) in [6.45, 7) is 7.15. The molecule has 0 aliphatic carbocycles. The molecular formula is C15H22BrFN2. The molecule has 4 heteroatoms. The number of likely N-dealkylation sites (tertiary alicyclic amines) is 1.